The molecular weight excluding hydrogens is 502 g/mol. The Morgan fingerprint density at radius 2 is 1.36 bits per heavy atom. The number of rotatable bonds is 12. The molecule has 3 N–H and O–H groups in total. The minimum Gasteiger partial charge on any atom is -0.485 e. The Morgan fingerprint density at radius 1 is 0.744 bits per heavy atom. The number of carbonyl (C=O) groups excluding carboxylic acids is 2. The van der Waals surface area contributed by atoms with Gasteiger partial charge in [0.25, 0.3) is 0 Å². The Hall–Kier alpha value is -4.72. The fourth-order valence-electron chi connectivity index (χ4n) is 3.92. The van der Waals surface area contributed by atoms with Crippen molar-refractivity contribution >= 4 is 11.8 Å². The lowest BCUT2D eigenvalue weighted by Crippen LogP contribution is -2.46. The van der Waals surface area contributed by atoms with Crippen LogP contribution in [0.25, 0.3) is 0 Å². The van der Waals surface area contributed by atoms with Crippen molar-refractivity contribution in [1.29, 1.82) is 0 Å². The molecule has 39 heavy (non-hydrogen) atoms. The van der Waals surface area contributed by atoms with Crippen LogP contribution in [0.1, 0.15) is 22.3 Å². The van der Waals surface area contributed by atoms with Crippen LogP contribution in [-0.4, -0.2) is 17.9 Å². The molecule has 0 fully saturated rings. The van der Waals surface area contributed by atoms with Gasteiger partial charge in [-0.25, -0.2) is 8.78 Å². The highest BCUT2D eigenvalue weighted by molar-refractivity contribution is 5.87. The summed E-state index contributed by atoms with van der Waals surface area (Å²) in [6, 6.07) is 26.5. The fourth-order valence-corrected chi connectivity index (χ4v) is 3.92. The number of nitrogens with two attached hydrogens (primary N) is 1. The first kappa shape index (κ1) is 27.3. The standard InChI is InChI=1S/C31H28F2N2O4/c32-25-13-12-24(26(33)18-25)17-30(36)35-27(31(34)37)15-23-11-14-28(38-19-21-7-3-1-4-8-21)29(16-23)39-20-22-9-5-2-6-10-22/h1-14,16,18,27H,15,17,19-20H2,(H2,34,37)(H,35,36)/t27-/m1/s1. The van der Waals surface area contributed by atoms with Gasteiger partial charge in [0.05, 0.1) is 6.42 Å². The average molecular weight is 531 g/mol. The van der Waals surface area contributed by atoms with Crippen molar-refractivity contribution in [2.75, 3.05) is 0 Å². The summed E-state index contributed by atoms with van der Waals surface area (Å²) in [6.45, 7) is 0.632. The maximum absolute atomic E-state index is 14.0. The normalized spacial score (nSPS) is 11.4. The molecule has 0 radical (unpaired) electrons. The molecule has 200 valence electrons. The average Bonchev–Trinajstić information content (AvgIpc) is 2.93. The van der Waals surface area contributed by atoms with Gasteiger partial charge < -0.3 is 20.5 Å². The van der Waals surface area contributed by atoms with Crippen LogP contribution >= 0.6 is 0 Å². The van der Waals surface area contributed by atoms with Crippen molar-refractivity contribution in [3.8, 4) is 11.5 Å². The van der Waals surface area contributed by atoms with E-state index in [1.54, 1.807) is 18.2 Å². The van der Waals surface area contributed by atoms with E-state index in [-0.39, 0.29) is 18.4 Å². The number of ether oxygens (including phenoxy) is 2. The van der Waals surface area contributed by atoms with Gasteiger partial charge in [0.2, 0.25) is 11.8 Å². The molecule has 4 aromatic rings. The Kier molecular flexibility index (Phi) is 9.24. The summed E-state index contributed by atoms with van der Waals surface area (Å²) < 4.78 is 39.2. The quantitative estimate of drug-likeness (QED) is 0.273. The second-order valence-electron chi connectivity index (χ2n) is 8.97. The molecule has 6 nitrogen and oxygen atoms in total. The van der Waals surface area contributed by atoms with E-state index in [2.05, 4.69) is 5.32 Å². The SMILES string of the molecule is NC(=O)[C@@H](Cc1ccc(OCc2ccccc2)c(OCc2ccccc2)c1)NC(=O)Cc1ccc(F)cc1F. The minimum absolute atomic E-state index is 0.00800. The molecule has 0 spiro atoms. The first-order valence-corrected chi connectivity index (χ1v) is 12.4. The van der Waals surface area contributed by atoms with Gasteiger partial charge in [0.1, 0.15) is 30.9 Å². The Bertz CT molecular complexity index is 1420. The summed E-state index contributed by atoms with van der Waals surface area (Å²) in [4.78, 5) is 24.7. The van der Waals surface area contributed by atoms with Gasteiger partial charge in [-0.1, -0.05) is 72.8 Å². The van der Waals surface area contributed by atoms with E-state index in [1.807, 2.05) is 60.7 Å². The molecule has 0 saturated heterocycles. The van der Waals surface area contributed by atoms with Gasteiger partial charge in [-0.05, 0) is 40.5 Å². The Balaban J connectivity index is 1.48. The van der Waals surface area contributed by atoms with Gasteiger partial charge in [0, 0.05) is 12.5 Å². The van der Waals surface area contributed by atoms with E-state index < -0.39 is 29.5 Å². The fraction of sp³-hybridized carbons (Fsp3) is 0.161. The van der Waals surface area contributed by atoms with Crippen LogP contribution in [0.15, 0.2) is 97.1 Å². The van der Waals surface area contributed by atoms with Crippen molar-refractivity contribution < 1.29 is 27.8 Å². The predicted molar refractivity (Wildman–Crippen MR) is 143 cm³/mol. The number of nitrogens with one attached hydrogen (secondary N) is 1. The van der Waals surface area contributed by atoms with E-state index in [0.29, 0.717) is 36.3 Å². The highest BCUT2D eigenvalue weighted by Crippen LogP contribution is 2.30. The molecule has 0 saturated carbocycles. The Morgan fingerprint density at radius 3 is 1.95 bits per heavy atom. The molecule has 4 aromatic carbocycles. The molecule has 0 aliphatic rings. The predicted octanol–water partition coefficient (Wildman–Crippen LogP) is 4.88. The number of carbonyl (C=O) groups is 2. The van der Waals surface area contributed by atoms with Crippen LogP contribution in [0.3, 0.4) is 0 Å². The van der Waals surface area contributed by atoms with Crippen LogP contribution < -0.4 is 20.5 Å². The molecule has 0 aliphatic carbocycles. The Labute approximate surface area is 225 Å². The molecule has 0 unspecified atom stereocenters. The third-order valence-electron chi connectivity index (χ3n) is 5.97. The van der Waals surface area contributed by atoms with Gasteiger partial charge >= 0.3 is 0 Å². The summed E-state index contributed by atoms with van der Waals surface area (Å²) >= 11 is 0. The molecule has 0 bridgehead atoms. The molecular formula is C31H28F2N2O4. The van der Waals surface area contributed by atoms with Crippen molar-refractivity contribution in [3.05, 3.63) is 131 Å². The highest BCUT2D eigenvalue weighted by atomic mass is 19.1. The topological polar surface area (TPSA) is 90.7 Å². The van der Waals surface area contributed by atoms with Crippen molar-refractivity contribution in [2.24, 2.45) is 5.73 Å². The number of primary amides is 1. The monoisotopic (exact) mass is 530 g/mol. The van der Waals surface area contributed by atoms with Gasteiger partial charge in [0.15, 0.2) is 11.5 Å². The maximum atomic E-state index is 14.0. The van der Waals surface area contributed by atoms with Gasteiger partial charge in [-0.3, -0.25) is 9.59 Å². The number of benzene rings is 4. The van der Waals surface area contributed by atoms with Gasteiger partial charge in [-0.15, -0.1) is 0 Å². The summed E-state index contributed by atoms with van der Waals surface area (Å²) in [5.74, 6) is -1.97. The zero-order chi connectivity index (χ0) is 27.6. The molecule has 1 atom stereocenters. The molecule has 8 heteroatoms. The third-order valence-corrected chi connectivity index (χ3v) is 5.97. The molecule has 4 rings (SSSR count). The summed E-state index contributed by atoms with van der Waals surface area (Å²) in [7, 11) is 0. The summed E-state index contributed by atoms with van der Waals surface area (Å²) in [5.41, 5.74) is 8.19. The molecule has 0 aliphatic heterocycles. The molecule has 0 heterocycles. The number of amides is 2. The maximum Gasteiger partial charge on any atom is 0.240 e. The zero-order valence-corrected chi connectivity index (χ0v) is 21.1. The molecule has 2 amide bonds. The summed E-state index contributed by atoms with van der Waals surface area (Å²) in [5, 5.41) is 2.55. The lowest BCUT2D eigenvalue weighted by atomic mass is 10.0. The molecule has 0 aromatic heterocycles. The number of hydrogen-bond acceptors (Lipinski definition) is 4. The second-order valence-corrected chi connectivity index (χ2v) is 8.97. The van der Waals surface area contributed by atoms with E-state index >= 15 is 0 Å². The van der Waals surface area contributed by atoms with Crippen LogP contribution in [0.2, 0.25) is 0 Å². The first-order chi connectivity index (χ1) is 18.9. The number of hydrogen-bond donors (Lipinski definition) is 2. The van der Waals surface area contributed by atoms with Crippen molar-refractivity contribution in [3.63, 3.8) is 0 Å². The highest BCUT2D eigenvalue weighted by Gasteiger charge is 2.21. The lowest BCUT2D eigenvalue weighted by Gasteiger charge is -2.18. The van der Waals surface area contributed by atoms with E-state index in [0.717, 1.165) is 17.2 Å². The zero-order valence-electron chi connectivity index (χ0n) is 21.1. The van der Waals surface area contributed by atoms with Crippen LogP contribution in [0.4, 0.5) is 8.78 Å². The van der Waals surface area contributed by atoms with E-state index in [9.17, 15) is 18.4 Å². The largest absolute Gasteiger partial charge is 0.485 e. The van der Waals surface area contributed by atoms with E-state index in [4.69, 9.17) is 15.2 Å². The lowest BCUT2D eigenvalue weighted by molar-refractivity contribution is -0.127. The minimum atomic E-state index is -1.06. The van der Waals surface area contributed by atoms with Crippen LogP contribution in [0.5, 0.6) is 11.5 Å². The van der Waals surface area contributed by atoms with Gasteiger partial charge in [-0.2, -0.15) is 0 Å². The van der Waals surface area contributed by atoms with Crippen LogP contribution in [0, 0.1) is 11.6 Å². The smallest absolute Gasteiger partial charge is 0.240 e. The van der Waals surface area contributed by atoms with Crippen molar-refractivity contribution in [2.45, 2.75) is 32.1 Å². The first-order valence-electron chi connectivity index (χ1n) is 12.4. The second kappa shape index (κ2) is 13.2. The summed E-state index contributed by atoms with van der Waals surface area (Å²) in [6.07, 6.45) is -0.290. The van der Waals surface area contributed by atoms with E-state index in [1.165, 1.54) is 6.07 Å². The third kappa shape index (κ3) is 8.13. The number of halogens is 2. The van der Waals surface area contributed by atoms with Crippen molar-refractivity contribution in [1.82, 2.24) is 5.32 Å². The van der Waals surface area contributed by atoms with Crippen LogP contribution in [-0.2, 0) is 35.6 Å².